The standard InChI is InChI=1S/C30H31F3N6O3/c31-30(32,33)27-24(17-35-36-28(27)40)39-18-21-6-1-2-9-23(21)25(39)19-42-22-8-5-7-20(16-22)29(41)38-14-12-37(13-15-38)26-10-3-4-11-34-26/h1-11,16,24-25,27,35H,12-15,17-19H2,(H,36,40)/t24?,25-,27?/m1/s1. The fourth-order valence-corrected chi connectivity index (χ4v) is 6.07. The van der Waals surface area contributed by atoms with Crippen LogP contribution in [0.25, 0.3) is 0 Å². The summed E-state index contributed by atoms with van der Waals surface area (Å²) in [6, 6.07) is 18.5. The minimum Gasteiger partial charge on any atom is -0.492 e. The Morgan fingerprint density at radius 1 is 1.00 bits per heavy atom. The molecule has 0 saturated carbocycles. The topological polar surface area (TPSA) is 90.0 Å². The maximum atomic E-state index is 14.0. The Morgan fingerprint density at radius 2 is 1.79 bits per heavy atom. The number of anilines is 1. The van der Waals surface area contributed by atoms with E-state index in [0.29, 0.717) is 37.5 Å². The van der Waals surface area contributed by atoms with Crippen molar-refractivity contribution in [2.45, 2.75) is 24.8 Å². The second-order valence-corrected chi connectivity index (χ2v) is 10.6. The van der Waals surface area contributed by atoms with Crippen molar-refractivity contribution < 1.29 is 27.5 Å². The van der Waals surface area contributed by atoms with Gasteiger partial charge in [-0.3, -0.25) is 19.9 Å². The molecule has 3 atom stereocenters. The van der Waals surface area contributed by atoms with E-state index in [0.717, 1.165) is 16.9 Å². The first-order valence-corrected chi connectivity index (χ1v) is 13.9. The smallest absolute Gasteiger partial charge is 0.402 e. The Morgan fingerprint density at radius 3 is 2.55 bits per heavy atom. The van der Waals surface area contributed by atoms with Crippen molar-refractivity contribution in [1.29, 1.82) is 0 Å². The van der Waals surface area contributed by atoms with Crippen LogP contribution in [0.4, 0.5) is 19.0 Å². The maximum absolute atomic E-state index is 14.0. The third kappa shape index (κ3) is 5.64. The zero-order valence-corrected chi connectivity index (χ0v) is 22.8. The molecule has 0 spiro atoms. The average Bonchev–Trinajstić information content (AvgIpc) is 3.38. The van der Waals surface area contributed by atoms with Crippen LogP contribution in [0, 0.1) is 5.92 Å². The fourth-order valence-electron chi connectivity index (χ4n) is 6.07. The molecule has 2 amide bonds. The second-order valence-electron chi connectivity index (χ2n) is 10.6. The summed E-state index contributed by atoms with van der Waals surface area (Å²) in [4.78, 5) is 35.6. The quantitative estimate of drug-likeness (QED) is 0.463. The van der Waals surface area contributed by atoms with Gasteiger partial charge in [-0.05, 0) is 41.5 Å². The van der Waals surface area contributed by atoms with E-state index in [4.69, 9.17) is 4.74 Å². The van der Waals surface area contributed by atoms with Crippen LogP contribution in [0.3, 0.4) is 0 Å². The summed E-state index contributed by atoms with van der Waals surface area (Å²) in [7, 11) is 0. The lowest BCUT2D eigenvalue weighted by Gasteiger charge is -2.40. The molecule has 4 heterocycles. The van der Waals surface area contributed by atoms with Crippen LogP contribution in [-0.2, 0) is 11.3 Å². The number of piperazine rings is 1. The van der Waals surface area contributed by atoms with Gasteiger partial charge in [-0.25, -0.2) is 10.4 Å². The number of aromatic nitrogens is 1. The molecule has 3 aliphatic rings. The van der Waals surface area contributed by atoms with Gasteiger partial charge in [-0.1, -0.05) is 36.4 Å². The third-order valence-corrected chi connectivity index (χ3v) is 8.17. The van der Waals surface area contributed by atoms with Gasteiger partial charge in [0.15, 0.2) is 5.92 Å². The molecular weight excluding hydrogens is 549 g/mol. The molecule has 2 aromatic carbocycles. The normalized spacial score (nSPS) is 22.9. The van der Waals surface area contributed by atoms with Gasteiger partial charge in [-0.15, -0.1) is 0 Å². The van der Waals surface area contributed by atoms with Crippen molar-refractivity contribution in [3.63, 3.8) is 0 Å². The number of alkyl halides is 3. The first-order chi connectivity index (χ1) is 20.3. The summed E-state index contributed by atoms with van der Waals surface area (Å²) in [6.07, 6.45) is -2.95. The zero-order chi connectivity index (χ0) is 29.3. The predicted molar refractivity (Wildman–Crippen MR) is 148 cm³/mol. The number of hydrogen-bond acceptors (Lipinski definition) is 7. The second kappa shape index (κ2) is 11.6. The number of pyridine rings is 1. The van der Waals surface area contributed by atoms with Crippen molar-refractivity contribution in [2.24, 2.45) is 5.92 Å². The number of rotatable bonds is 6. The molecule has 0 bridgehead atoms. The number of benzene rings is 2. The maximum Gasteiger partial charge on any atom is 0.402 e. The Kier molecular flexibility index (Phi) is 7.74. The molecule has 2 saturated heterocycles. The van der Waals surface area contributed by atoms with Crippen LogP contribution in [0.15, 0.2) is 72.9 Å². The number of hydrogen-bond donors (Lipinski definition) is 2. The van der Waals surface area contributed by atoms with Gasteiger partial charge in [0.25, 0.3) is 5.91 Å². The van der Waals surface area contributed by atoms with E-state index in [2.05, 4.69) is 20.7 Å². The van der Waals surface area contributed by atoms with E-state index >= 15 is 0 Å². The number of nitrogens with zero attached hydrogens (tertiary/aromatic N) is 4. The van der Waals surface area contributed by atoms with Gasteiger partial charge < -0.3 is 14.5 Å². The molecule has 2 fully saturated rings. The predicted octanol–water partition coefficient (Wildman–Crippen LogP) is 3.16. The van der Waals surface area contributed by atoms with E-state index in [-0.39, 0.29) is 25.6 Å². The lowest BCUT2D eigenvalue weighted by molar-refractivity contribution is -0.202. The Hall–Kier alpha value is -4.16. The minimum atomic E-state index is -4.70. The zero-order valence-electron chi connectivity index (χ0n) is 22.8. The summed E-state index contributed by atoms with van der Waals surface area (Å²) >= 11 is 0. The molecule has 3 aliphatic heterocycles. The monoisotopic (exact) mass is 580 g/mol. The van der Waals surface area contributed by atoms with Gasteiger partial charge in [0.2, 0.25) is 5.91 Å². The van der Waals surface area contributed by atoms with Crippen LogP contribution in [0.2, 0.25) is 0 Å². The van der Waals surface area contributed by atoms with E-state index < -0.39 is 30.1 Å². The molecule has 2 N–H and O–H groups in total. The number of halogens is 3. The molecule has 220 valence electrons. The van der Waals surface area contributed by atoms with Crippen LogP contribution in [0.5, 0.6) is 5.75 Å². The minimum absolute atomic E-state index is 0.0557. The Balaban J connectivity index is 1.15. The SMILES string of the molecule is O=C1NNCC(N2Cc3ccccc3[C@H]2COc2cccc(C(=O)N3CCN(c4ccccn4)CC3)c2)C1C(F)(F)F. The summed E-state index contributed by atoms with van der Waals surface area (Å²) in [6.45, 7) is 2.71. The van der Waals surface area contributed by atoms with Crippen LogP contribution in [0.1, 0.15) is 27.5 Å². The number of carbonyl (C=O) groups is 2. The fraction of sp³-hybridized carbons (Fsp3) is 0.367. The van der Waals surface area contributed by atoms with Crippen molar-refractivity contribution in [1.82, 2.24) is 25.6 Å². The third-order valence-electron chi connectivity index (χ3n) is 8.17. The number of carbonyl (C=O) groups excluding carboxylic acids is 2. The molecule has 6 rings (SSSR count). The van der Waals surface area contributed by atoms with Crippen LogP contribution in [-0.4, -0.2) is 78.1 Å². The van der Waals surface area contributed by atoms with Gasteiger partial charge in [0.05, 0.1) is 6.04 Å². The summed E-state index contributed by atoms with van der Waals surface area (Å²) in [5.74, 6) is -2.05. The summed E-state index contributed by atoms with van der Waals surface area (Å²) in [5.41, 5.74) is 6.99. The van der Waals surface area contributed by atoms with Crippen LogP contribution >= 0.6 is 0 Å². The van der Waals surface area contributed by atoms with E-state index in [1.165, 1.54) is 0 Å². The Labute approximate surface area is 241 Å². The van der Waals surface area contributed by atoms with Gasteiger partial charge in [-0.2, -0.15) is 13.2 Å². The van der Waals surface area contributed by atoms with Crippen molar-refractivity contribution in [2.75, 3.05) is 44.2 Å². The lowest BCUT2D eigenvalue weighted by atomic mass is 9.94. The van der Waals surface area contributed by atoms with E-state index in [1.54, 1.807) is 40.3 Å². The molecule has 3 aromatic rings. The van der Waals surface area contributed by atoms with E-state index in [9.17, 15) is 22.8 Å². The molecule has 0 aliphatic carbocycles. The largest absolute Gasteiger partial charge is 0.492 e. The molecule has 1 aromatic heterocycles. The molecule has 2 unspecified atom stereocenters. The number of amides is 2. The highest BCUT2D eigenvalue weighted by Crippen LogP contribution is 2.41. The molecule has 9 nitrogen and oxygen atoms in total. The number of fused-ring (bicyclic) bond motifs is 1. The molecule has 42 heavy (non-hydrogen) atoms. The number of ether oxygens (including phenoxy) is 1. The van der Waals surface area contributed by atoms with Crippen molar-refractivity contribution >= 4 is 17.6 Å². The summed E-state index contributed by atoms with van der Waals surface area (Å²) < 4.78 is 48.1. The Bertz CT molecular complexity index is 1430. The van der Waals surface area contributed by atoms with Crippen molar-refractivity contribution in [3.05, 3.63) is 89.6 Å². The molecule has 12 heteroatoms. The van der Waals surface area contributed by atoms with Gasteiger partial charge in [0, 0.05) is 57.1 Å². The average molecular weight is 581 g/mol. The highest BCUT2D eigenvalue weighted by Gasteiger charge is 2.55. The van der Waals surface area contributed by atoms with Crippen molar-refractivity contribution in [3.8, 4) is 5.75 Å². The highest BCUT2D eigenvalue weighted by molar-refractivity contribution is 5.94. The first kappa shape index (κ1) is 28.0. The number of nitrogens with one attached hydrogen (secondary N) is 2. The van der Waals surface area contributed by atoms with Gasteiger partial charge in [0.1, 0.15) is 18.2 Å². The van der Waals surface area contributed by atoms with E-state index in [1.807, 2.05) is 42.5 Å². The summed E-state index contributed by atoms with van der Waals surface area (Å²) in [5, 5.41) is 0. The first-order valence-electron chi connectivity index (χ1n) is 13.9. The van der Waals surface area contributed by atoms with Gasteiger partial charge >= 0.3 is 6.18 Å². The lowest BCUT2D eigenvalue weighted by Crippen LogP contribution is -2.64. The van der Waals surface area contributed by atoms with Crippen LogP contribution < -0.4 is 20.5 Å². The number of hydrazine groups is 1. The molecule has 0 radical (unpaired) electrons. The highest BCUT2D eigenvalue weighted by atomic mass is 19.4. The molecular formula is C30H31F3N6O3.